The van der Waals surface area contributed by atoms with Gasteiger partial charge in [-0.3, -0.25) is 14.4 Å². The van der Waals surface area contributed by atoms with E-state index in [-0.39, 0.29) is 18.5 Å². The number of hydrogen-bond donors (Lipinski definition) is 1. The van der Waals surface area contributed by atoms with Crippen molar-refractivity contribution in [1.82, 2.24) is 15.1 Å². The molecule has 1 N–H and O–H groups in total. The smallest absolute Gasteiger partial charge is 0.312 e. The number of amides is 3. The van der Waals surface area contributed by atoms with E-state index in [1.54, 1.807) is 4.90 Å². The molecule has 2 aliphatic rings. The fourth-order valence-electron chi connectivity index (χ4n) is 3.69. The van der Waals surface area contributed by atoms with Crippen molar-refractivity contribution >= 4 is 17.7 Å². The van der Waals surface area contributed by atoms with Gasteiger partial charge in [-0.1, -0.05) is 56.0 Å². The van der Waals surface area contributed by atoms with Gasteiger partial charge < -0.3 is 15.1 Å². The lowest BCUT2D eigenvalue weighted by molar-refractivity contribution is -0.157. The summed E-state index contributed by atoms with van der Waals surface area (Å²) in [4.78, 5) is 39.9. The number of hydrogen-bond acceptors (Lipinski definition) is 3. The van der Waals surface area contributed by atoms with Crippen LogP contribution in [0.5, 0.6) is 0 Å². The molecule has 1 aromatic carbocycles. The molecule has 1 saturated heterocycles. The maximum absolute atomic E-state index is 12.4. The number of benzene rings is 1. The van der Waals surface area contributed by atoms with Crippen LogP contribution in [0, 0.1) is 0 Å². The van der Waals surface area contributed by atoms with Gasteiger partial charge in [0.2, 0.25) is 5.91 Å². The molecule has 0 aromatic heterocycles. The summed E-state index contributed by atoms with van der Waals surface area (Å²) in [7, 11) is 0. The van der Waals surface area contributed by atoms with Gasteiger partial charge in [0, 0.05) is 25.7 Å². The van der Waals surface area contributed by atoms with Gasteiger partial charge in [0.1, 0.15) is 6.54 Å². The maximum Gasteiger partial charge on any atom is 0.312 e. The van der Waals surface area contributed by atoms with Crippen LogP contribution >= 0.6 is 0 Å². The van der Waals surface area contributed by atoms with Gasteiger partial charge in [-0.05, 0) is 18.4 Å². The lowest BCUT2D eigenvalue weighted by Gasteiger charge is -2.33. The lowest BCUT2D eigenvalue weighted by Crippen LogP contribution is -2.56. The maximum atomic E-state index is 12.4. The van der Waals surface area contributed by atoms with E-state index in [2.05, 4.69) is 5.32 Å². The van der Waals surface area contributed by atoms with Gasteiger partial charge in [-0.25, -0.2) is 0 Å². The Morgan fingerprint density at radius 1 is 0.923 bits per heavy atom. The molecular formula is C20H27N3O3. The van der Waals surface area contributed by atoms with Crippen LogP contribution in [0.1, 0.15) is 44.1 Å². The Kier molecular flexibility index (Phi) is 6.26. The molecule has 1 aromatic rings. The van der Waals surface area contributed by atoms with Crippen molar-refractivity contribution in [2.45, 2.75) is 51.1 Å². The molecule has 3 amide bonds. The predicted molar refractivity (Wildman–Crippen MR) is 98.1 cm³/mol. The van der Waals surface area contributed by atoms with Crippen LogP contribution in [0.25, 0.3) is 0 Å². The second-order valence-electron chi connectivity index (χ2n) is 7.20. The Morgan fingerprint density at radius 2 is 1.54 bits per heavy atom. The van der Waals surface area contributed by atoms with Crippen LogP contribution in [-0.4, -0.2) is 53.2 Å². The van der Waals surface area contributed by atoms with Gasteiger partial charge in [0.25, 0.3) is 0 Å². The third-order valence-electron chi connectivity index (χ3n) is 5.17. The molecular weight excluding hydrogens is 330 g/mol. The van der Waals surface area contributed by atoms with Crippen molar-refractivity contribution < 1.29 is 14.4 Å². The molecule has 0 atom stereocenters. The van der Waals surface area contributed by atoms with Crippen LogP contribution in [0.2, 0.25) is 0 Å². The summed E-state index contributed by atoms with van der Waals surface area (Å²) in [5.74, 6) is -1.26. The average molecular weight is 357 g/mol. The predicted octanol–water partition coefficient (Wildman–Crippen LogP) is 1.70. The first kappa shape index (κ1) is 18.4. The SMILES string of the molecule is O=C(CN1CCN(Cc2ccccc2)C(=O)C1=O)NC1CCCCCC1. The number of rotatable bonds is 5. The molecule has 2 fully saturated rings. The Hall–Kier alpha value is -2.37. The summed E-state index contributed by atoms with van der Waals surface area (Å²) in [5, 5.41) is 3.03. The molecule has 3 rings (SSSR count). The standard InChI is InChI=1S/C20H27N3O3/c24-18(21-17-10-6-1-2-7-11-17)15-23-13-12-22(19(25)20(23)26)14-16-8-4-3-5-9-16/h3-5,8-9,17H,1-2,6-7,10-15H2,(H,21,24). The monoisotopic (exact) mass is 357 g/mol. The third kappa shape index (κ3) is 4.84. The highest BCUT2D eigenvalue weighted by molar-refractivity contribution is 6.35. The van der Waals surface area contributed by atoms with E-state index in [9.17, 15) is 14.4 Å². The Balaban J connectivity index is 1.50. The second kappa shape index (κ2) is 8.83. The zero-order valence-corrected chi connectivity index (χ0v) is 15.2. The molecule has 6 nitrogen and oxygen atoms in total. The highest BCUT2D eigenvalue weighted by Gasteiger charge is 2.33. The molecule has 0 bridgehead atoms. The molecule has 0 unspecified atom stereocenters. The van der Waals surface area contributed by atoms with Gasteiger partial charge in [-0.15, -0.1) is 0 Å². The van der Waals surface area contributed by atoms with E-state index in [0.717, 1.165) is 31.2 Å². The van der Waals surface area contributed by atoms with E-state index in [0.29, 0.717) is 19.6 Å². The molecule has 0 spiro atoms. The Morgan fingerprint density at radius 3 is 2.23 bits per heavy atom. The van der Waals surface area contributed by atoms with E-state index in [1.807, 2.05) is 30.3 Å². The van der Waals surface area contributed by atoms with E-state index >= 15 is 0 Å². The minimum absolute atomic E-state index is 0.0275. The summed E-state index contributed by atoms with van der Waals surface area (Å²) in [6.45, 7) is 1.25. The molecule has 1 aliphatic carbocycles. The van der Waals surface area contributed by atoms with Crippen molar-refractivity contribution in [3.8, 4) is 0 Å². The van der Waals surface area contributed by atoms with Crippen molar-refractivity contribution in [1.29, 1.82) is 0 Å². The van der Waals surface area contributed by atoms with Crippen LogP contribution in [-0.2, 0) is 20.9 Å². The topological polar surface area (TPSA) is 69.7 Å². The van der Waals surface area contributed by atoms with Gasteiger partial charge >= 0.3 is 11.8 Å². The number of carbonyl (C=O) groups excluding carboxylic acids is 3. The van der Waals surface area contributed by atoms with Gasteiger partial charge in [0.05, 0.1) is 0 Å². The van der Waals surface area contributed by atoms with Gasteiger partial charge in [0.15, 0.2) is 0 Å². The normalized spacial score (nSPS) is 19.4. The fraction of sp³-hybridized carbons (Fsp3) is 0.550. The number of carbonyl (C=O) groups is 3. The molecule has 1 heterocycles. The summed E-state index contributed by atoms with van der Waals surface area (Å²) in [6, 6.07) is 9.82. The molecule has 6 heteroatoms. The number of piperazine rings is 1. The summed E-state index contributed by atoms with van der Waals surface area (Å²) < 4.78 is 0. The Labute approximate surface area is 154 Å². The van der Waals surface area contributed by atoms with E-state index in [4.69, 9.17) is 0 Å². The van der Waals surface area contributed by atoms with E-state index < -0.39 is 11.8 Å². The largest absolute Gasteiger partial charge is 0.352 e. The molecule has 0 radical (unpaired) electrons. The molecule has 1 saturated carbocycles. The fourth-order valence-corrected chi connectivity index (χ4v) is 3.69. The molecule has 140 valence electrons. The summed E-state index contributed by atoms with van der Waals surface area (Å²) in [5.41, 5.74) is 0.994. The lowest BCUT2D eigenvalue weighted by atomic mass is 10.1. The first-order chi connectivity index (χ1) is 12.6. The quantitative estimate of drug-likeness (QED) is 0.644. The third-order valence-corrected chi connectivity index (χ3v) is 5.17. The van der Waals surface area contributed by atoms with Crippen molar-refractivity contribution in [2.75, 3.05) is 19.6 Å². The van der Waals surface area contributed by atoms with Crippen molar-refractivity contribution in [3.63, 3.8) is 0 Å². The summed E-state index contributed by atoms with van der Waals surface area (Å²) in [6.07, 6.45) is 6.74. The zero-order chi connectivity index (χ0) is 18.4. The molecule has 1 aliphatic heterocycles. The average Bonchev–Trinajstić information content (AvgIpc) is 2.91. The first-order valence-electron chi connectivity index (χ1n) is 9.55. The van der Waals surface area contributed by atoms with Crippen LogP contribution < -0.4 is 5.32 Å². The van der Waals surface area contributed by atoms with Crippen molar-refractivity contribution in [3.05, 3.63) is 35.9 Å². The Bertz CT molecular complexity index is 639. The minimum Gasteiger partial charge on any atom is -0.352 e. The second-order valence-corrected chi connectivity index (χ2v) is 7.20. The first-order valence-corrected chi connectivity index (χ1v) is 9.55. The highest BCUT2D eigenvalue weighted by atomic mass is 16.2. The number of nitrogens with zero attached hydrogens (tertiary/aromatic N) is 2. The molecule has 26 heavy (non-hydrogen) atoms. The van der Waals surface area contributed by atoms with Crippen LogP contribution in [0.15, 0.2) is 30.3 Å². The van der Waals surface area contributed by atoms with Crippen molar-refractivity contribution in [2.24, 2.45) is 0 Å². The van der Waals surface area contributed by atoms with Gasteiger partial charge in [-0.2, -0.15) is 0 Å². The minimum atomic E-state index is -0.580. The summed E-state index contributed by atoms with van der Waals surface area (Å²) >= 11 is 0. The van der Waals surface area contributed by atoms with Crippen LogP contribution in [0.3, 0.4) is 0 Å². The number of nitrogens with one attached hydrogen (secondary N) is 1. The zero-order valence-electron chi connectivity index (χ0n) is 15.2. The van der Waals surface area contributed by atoms with Crippen LogP contribution in [0.4, 0.5) is 0 Å². The highest BCUT2D eigenvalue weighted by Crippen LogP contribution is 2.17. The van der Waals surface area contributed by atoms with E-state index in [1.165, 1.54) is 17.7 Å².